The zero-order valence-corrected chi connectivity index (χ0v) is 15.5. The topological polar surface area (TPSA) is 62.3 Å². The standard InChI is InChI=1S/C16H18ClN3O2S.ClH/c1-12-4-5-14(17)16(9-12)23(21,22)20-8-7-19-11-15(20)13-3-2-6-18-10-13;/h2-6,9-10,15,19H,7-8,11H2,1H3;1H. The van der Waals surface area contributed by atoms with E-state index in [1.54, 1.807) is 30.6 Å². The van der Waals surface area contributed by atoms with Gasteiger partial charge >= 0.3 is 0 Å². The molecule has 1 atom stereocenters. The van der Waals surface area contributed by atoms with E-state index in [4.69, 9.17) is 11.6 Å². The van der Waals surface area contributed by atoms with Crippen molar-refractivity contribution in [1.82, 2.24) is 14.6 Å². The minimum atomic E-state index is -3.68. The Kier molecular flexibility index (Phi) is 6.22. The summed E-state index contributed by atoms with van der Waals surface area (Å²) in [7, 11) is -3.68. The van der Waals surface area contributed by atoms with E-state index in [0.29, 0.717) is 19.6 Å². The lowest BCUT2D eigenvalue weighted by molar-refractivity contribution is 0.271. The van der Waals surface area contributed by atoms with Gasteiger partial charge in [0.05, 0.1) is 11.1 Å². The van der Waals surface area contributed by atoms with Gasteiger partial charge in [-0.15, -0.1) is 12.4 Å². The maximum atomic E-state index is 13.1. The Labute approximate surface area is 153 Å². The molecule has 3 rings (SSSR count). The number of nitrogens with zero attached hydrogens (tertiary/aromatic N) is 2. The maximum absolute atomic E-state index is 13.1. The fourth-order valence-corrected chi connectivity index (χ4v) is 4.94. The zero-order valence-electron chi connectivity index (χ0n) is 13.1. The minimum Gasteiger partial charge on any atom is -0.313 e. The highest BCUT2D eigenvalue weighted by atomic mass is 35.5. The molecule has 1 aliphatic rings. The van der Waals surface area contributed by atoms with Crippen LogP contribution in [0.2, 0.25) is 5.02 Å². The normalized spacial score (nSPS) is 18.8. The molecule has 1 aromatic heterocycles. The molecule has 1 unspecified atom stereocenters. The molecule has 130 valence electrons. The summed E-state index contributed by atoms with van der Waals surface area (Å²) in [5.74, 6) is 0. The van der Waals surface area contributed by atoms with E-state index >= 15 is 0 Å². The number of nitrogens with one attached hydrogen (secondary N) is 1. The summed E-state index contributed by atoms with van der Waals surface area (Å²) in [6.45, 7) is 3.41. The molecule has 0 saturated carbocycles. The van der Waals surface area contributed by atoms with Gasteiger partial charge in [0, 0.05) is 32.0 Å². The third kappa shape index (κ3) is 3.73. The molecule has 0 spiro atoms. The smallest absolute Gasteiger partial charge is 0.245 e. The van der Waals surface area contributed by atoms with Crippen molar-refractivity contribution in [3.05, 3.63) is 58.9 Å². The van der Waals surface area contributed by atoms with Gasteiger partial charge in [-0.2, -0.15) is 4.31 Å². The van der Waals surface area contributed by atoms with Crippen LogP contribution in [0, 0.1) is 6.92 Å². The number of rotatable bonds is 3. The number of benzene rings is 1. The zero-order chi connectivity index (χ0) is 16.4. The van der Waals surface area contributed by atoms with Crippen LogP contribution < -0.4 is 5.32 Å². The molecule has 1 aromatic carbocycles. The summed E-state index contributed by atoms with van der Waals surface area (Å²) in [5, 5.41) is 3.50. The molecule has 2 aromatic rings. The van der Waals surface area contributed by atoms with Crippen LogP contribution in [0.25, 0.3) is 0 Å². The van der Waals surface area contributed by atoms with Gasteiger partial charge in [-0.3, -0.25) is 4.98 Å². The fraction of sp³-hybridized carbons (Fsp3) is 0.312. The predicted molar refractivity (Wildman–Crippen MR) is 97.2 cm³/mol. The van der Waals surface area contributed by atoms with Crippen LogP contribution in [-0.4, -0.2) is 37.3 Å². The van der Waals surface area contributed by atoms with E-state index in [9.17, 15) is 8.42 Å². The molecule has 8 heteroatoms. The average Bonchev–Trinajstić information content (AvgIpc) is 2.58. The molecule has 2 heterocycles. The van der Waals surface area contributed by atoms with E-state index in [1.807, 2.05) is 19.1 Å². The molecule has 0 radical (unpaired) electrons. The van der Waals surface area contributed by atoms with Gasteiger partial charge in [-0.1, -0.05) is 23.7 Å². The second-order valence-electron chi connectivity index (χ2n) is 5.56. The molecule has 1 saturated heterocycles. The van der Waals surface area contributed by atoms with E-state index in [0.717, 1.165) is 11.1 Å². The van der Waals surface area contributed by atoms with Crippen LogP contribution in [0.15, 0.2) is 47.6 Å². The summed E-state index contributed by atoms with van der Waals surface area (Å²) >= 11 is 6.16. The van der Waals surface area contributed by atoms with Crippen molar-refractivity contribution in [2.75, 3.05) is 19.6 Å². The van der Waals surface area contributed by atoms with Crippen molar-refractivity contribution in [3.63, 3.8) is 0 Å². The molecule has 24 heavy (non-hydrogen) atoms. The summed E-state index contributed by atoms with van der Waals surface area (Å²) in [6, 6.07) is 8.47. The monoisotopic (exact) mass is 387 g/mol. The van der Waals surface area contributed by atoms with Gasteiger partial charge < -0.3 is 5.32 Å². The van der Waals surface area contributed by atoms with E-state index in [1.165, 1.54) is 4.31 Å². The Morgan fingerprint density at radius 1 is 1.33 bits per heavy atom. The molecule has 0 aliphatic carbocycles. The van der Waals surface area contributed by atoms with Gasteiger partial charge in [-0.05, 0) is 36.2 Å². The first-order valence-electron chi connectivity index (χ1n) is 7.39. The van der Waals surface area contributed by atoms with Gasteiger partial charge in [0.15, 0.2) is 0 Å². The fourth-order valence-electron chi connectivity index (χ4n) is 2.77. The number of aryl methyl sites for hydroxylation is 1. The molecule has 0 amide bonds. The van der Waals surface area contributed by atoms with Crippen molar-refractivity contribution in [2.24, 2.45) is 0 Å². The Bertz CT molecular complexity index is 800. The van der Waals surface area contributed by atoms with Gasteiger partial charge in [0.2, 0.25) is 10.0 Å². The summed E-state index contributed by atoms with van der Waals surface area (Å²) in [4.78, 5) is 4.27. The number of aromatic nitrogens is 1. The quantitative estimate of drug-likeness (QED) is 0.879. The SMILES string of the molecule is Cc1ccc(Cl)c(S(=O)(=O)N2CCNCC2c2cccnc2)c1.Cl. The predicted octanol–water partition coefficient (Wildman–Crippen LogP) is 2.80. The molecule has 1 aliphatic heterocycles. The molecular weight excluding hydrogens is 369 g/mol. The Morgan fingerprint density at radius 3 is 2.83 bits per heavy atom. The lowest BCUT2D eigenvalue weighted by Gasteiger charge is -2.35. The molecule has 0 bridgehead atoms. The van der Waals surface area contributed by atoms with Crippen molar-refractivity contribution in [1.29, 1.82) is 0 Å². The van der Waals surface area contributed by atoms with E-state index in [2.05, 4.69) is 10.3 Å². The van der Waals surface area contributed by atoms with Crippen LogP contribution in [0.1, 0.15) is 17.2 Å². The second kappa shape index (κ2) is 7.80. The molecular formula is C16H19Cl2N3O2S. The second-order valence-corrected chi connectivity index (χ2v) is 7.82. The highest BCUT2D eigenvalue weighted by Crippen LogP contribution is 2.32. The van der Waals surface area contributed by atoms with Crippen molar-refractivity contribution >= 4 is 34.0 Å². The first kappa shape index (κ1) is 19.1. The summed E-state index contributed by atoms with van der Waals surface area (Å²) < 4.78 is 27.8. The van der Waals surface area contributed by atoms with Crippen LogP contribution in [0.5, 0.6) is 0 Å². The van der Waals surface area contributed by atoms with E-state index in [-0.39, 0.29) is 28.4 Å². The summed E-state index contributed by atoms with van der Waals surface area (Å²) in [6.07, 6.45) is 3.38. The van der Waals surface area contributed by atoms with Gasteiger partial charge in [-0.25, -0.2) is 8.42 Å². The minimum absolute atomic E-state index is 0. The van der Waals surface area contributed by atoms with Crippen molar-refractivity contribution < 1.29 is 8.42 Å². The lowest BCUT2D eigenvalue weighted by atomic mass is 10.1. The highest BCUT2D eigenvalue weighted by Gasteiger charge is 2.35. The first-order chi connectivity index (χ1) is 11.0. The number of pyridine rings is 1. The molecule has 5 nitrogen and oxygen atoms in total. The highest BCUT2D eigenvalue weighted by molar-refractivity contribution is 7.89. The van der Waals surface area contributed by atoms with Crippen LogP contribution in [-0.2, 0) is 10.0 Å². The van der Waals surface area contributed by atoms with Crippen molar-refractivity contribution in [3.8, 4) is 0 Å². The van der Waals surface area contributed by atoms with Gasteiger partial charge in [0.25, 0.3) is 0 Å². The Balaban J connectivity index is 0.00000208. The third-order valence-corrected chi connectivity index (χ3v) is 6.33. The van der Waals surface area contributed by atoms with Crippen LogP contribution >= 0.6 is 24.0 Å². The maximum Gasteiger partial charge on any atom is 0.245 e. The van der Waals surface area contributed by atoms with Crippen LogP contribution in [0.3, 0.4) is 0 Å². The Hall–Kier alpha value is -1.18. The first-order valence-corrected chi connectivity index (χ1v) is 9.20. The van der Waals surface area contributed by atoms with Gasteiger partial charge in [0.1, 0.15) is 4.90 Å². The largest absolute Gasteiger partial charge is 0.313 e. The third-order valence-electron chi connectivity index (χ3n) is 3.94. The average molecular weight is 388 g/mol. The number of hydrogen-bond donors (Lipinski definition) is 1. The number of hydrogen-bond acceptors (Lipinski definition) is 4. The van der Waals surface area contributed by atoms with Crippen LogP contribution in [0.4, 0.5) is 0 Å². The number of sulfonamides is 1. The Morgan fingerprint density at radius 2 is 2.12 bits per heavy atom. The summed E-state index contributed by atoms with van der Waals surface area (Å²) in [5.41, 5.74) is 1.73. The molecule has 1 fully saturated rings. The molecule has 1 N–H and O–H groups in total. The number of piperazine rings is 1. The van der Waals surface area contributed by atoms with E-state index < -0.39 is 10.0 Å². The number of halogens is 2. The van der Waals surface area contributed by atoms with Crippen molar-refractivity contribution in [2.45, 2.75) is 17.9 Å². The lowest BCUT2D eigenvalue weighted by Crippen LogP contribution is -2.48.